The Hall–Kier alpha value is -2.92. The lowest BCUT2D eigenvalue weighted by atomic mass is 10.1. The fraction of sp³-hybridized carbons (Fsp3) is 0.190. The quantitative estimate of drug-likeness (QED) is 0.499. The molecule has 0 saturated heterocycles. The van der Waals surface area contributed by atoms with E-state index in [1.165, 1.54) is 10.7 Å². The third kappa shape index (κ3) is 3.64. The Labute approximate surface area is 162 Å². The molecule has 0 aliphatic carbocycles. The number of carbonyl (C=O) groups is 1. The Morgan fingerprint density at radius 1 is 1.04 bits per heavy atom. The van der Waals surface area contributed by atoms with Crippen molar-refractivity contribution in [1.82, 2.24) is 9.78 Å². The molecule has 0 saturated carbocycles. The number of nitrogens with zero attached hydrogens (tertiary/aromatic N) is 2. The topological polar surface area (TPSA) is 61.2 Å². The molecule has 0 N–H and O–H groups in total. The fourth-order valence-corrected chi connectivity index (χ4v) is 3.00. The van der Waals surface area contributed by atoms with E-state index >= 15 is 0 Å². The highest BCUT2D eigenvalue weighted by atomic mass is 35.5. The van der Waals surface area contributed by atoms with Gasteiger partial charge in [-0.3, -0.25) is 4.79 Å². The fourth-order valence-electron chi connectivity index (χ4n) is 2.78. The van der Waals surface area contributed by atoms with E-state index in [0.717, 1.165) is 16.7 Å². The molecule has 0 radical (unpaired) electrons. The molecular weight excluding hydrogens is 364 g/mol. The van der Waals surface area contributed by atoms with Crippen molar-refractivity contribution < 1.29 is 9.53 Å². The van der Waals surface area contributed by atoms with E-state index in [2.05, 4.69) is 5.10 Å². The van der Waals surface area contributed by atoms with Crippen LogP contribution in [0.1, 0.15) is 32.9 Å². The van der Waals surface area contributed by atoms with Crippen molar-refractivity contribution in [3.05, 3.63) is 85.8 Å². The van der Waals surface area contributed by atoms with Crippen molar-refractivity contribution in [2.24, 2.45) is 0 Å². The van der Waals surface area contributed by atoms with Crippen LogP contribution in [0, 0.1) is 27.7 Å². The Morgan fingerprint density at radius 2 is 1.70 bits per heavy atom. The SMILES string of the molecule is Cc1ccc(C)c(OC(=O)c2nn(-c3ccccc3Cl)c(C)cc2=O)c1C. The molecule has 5 nitrogen and oxygen atoms in total. The summed E-state index contributed by atoms with van der Waals surface area (Å²) < 4.78 is 7.01. The molecule has 2 aromatic carbocycles. The molecule has 0 aliphatic heterocycles. The molecule has 1 aromatic heterocycles. The molecule has 0 spiro atoms. The van der Waals surface area contributed by atoms with E-state index in [4.69, 9.17) is 16.3 Å². The first-order valence-electron chi connectivity index (χ1n) is 8.44. The molecule has 1 heterocycles. The summed E-state index contributed by atoms with van der Waals surface area (Å²) in [5.74, 6) is -0.344. The van der Waals surface area contributed by atoms with Gasteiger partial charge < -0.3 is 4.74 Å². The van der Waals surface area contributed by atoms with E-state index in [1.807, 2.05) is 32.9 Å². The number of hydrogen-bond donors (Lipinski definition) is 0. The molecule has 138 valence electrons. The lowest BCUT2D eigenvalue weighted by Crippen LogP contribution is -2.26. The molecule has 0 bridgehead atoms. The van der Waals surface area contributed by atoms with Crippen molar-refractivity contribution >= 4 is 17.6 Å². The van der Waals surface area contributed by atoms with E-state index in [9.17, 15) is 9.59 Å². The van der Waals surface area contributed by atoms with Gasteiger partial charge in [0.05, 0.1) is 10.7 Å². The zero-order chi connectivity index (χ0) is 19.7. The maximum atomic E-state index is 12.7. The van der Waals surface area contributed by atoms with Crippen LogP contribution in [0.3, 0.4) is 0 Å². The molecule has 0 unspecified atom stereocenters. The predicted octanol–water partition coefficient (Wildman–Crippen LogP) is 4.34. The number of hydrogen-bond acceptors (Lipinski definition) is 4. The van der Waals surface area contributed by atoms with Crippen LogP contribution in [-0.4, -0.2) is 15.7 Å². The number of rotatable bonds is 3. The van der Waals surface area contributed by atoms with Crippen molar-refractivity contribution in [3.63, 3.8) is 0 Å². The van der Waals surface area contributed by atoms with Gasteiger partial charge >= 0.3 is 5.97 Å². The van der Waals surface area contributed by atoms with Crippen LogP contribution in [0.2, 0.25) is 5.02 Å². The van der Waals surface area contributed by atoms with Crippen LogP contribution >= 0.6 is 11.6 Å². The summed E-state index contributed by atoms with van der Waals surface area (Å²) in [4.78, 5) is 25.1. The number of halogens is 1. The highest BCUT2D eigenvalue weighted by Gasteiger charge is 2.20. The third-order valence-electron chi connectivity index (χ3n) is 4.45. The zero-order valence-corrected chi connectivity index (χ0v) is 16.3. The van der Waals surface area contributed by atoms with Gasteiger partial charge in [0.1, 0.15) is 5.75 Å². The maximum Gasteiger partial charge on any atom is 0.368 e. The van der Waals surface area contributed by atoms with Gasteiger partial charge in [-0.2, -0.15) is 5.10 Å². The van der Waals surface area contributed by atoms with Crippen molar-refractivity contribution in [3.8, 4) is 11.4 Å². The molecule has 6 heteroatoms. The predicted molar refractivity (Wildman–Crippen MR) is 105 cm³/mol. The Balaban J connectivity index is 2.07. The van der Waals surface area contributed by atoms with Crippen LogP contribution < -0.4 is 10.2 Å². The molecule has 27 heavy (non-hydrogen) atoms. The van der Waals surface area contributed by atoms with Crippen LogP contribution in [-0.2, 0) is 0 Å². The van der Waals surface area contributed by atoms with Crippen LogP contribution in [0.5, 0.6) is 5.75 Å². The minimum absolute atomic E-state index is 0.291. The Bertz CT molecular complexity index is 1100. The number of benzene rings is 2. The molecular formula is C21H19ClN2O3. The molecule has 0 aliphatic rings. The number of esters is 1. The minimum atomic E-state index is -0.794. The highest BCUT2D eigenvalue weighted by molar-refractivity contribution is 6.32. The lowest BCUT2D eigenvalue weighted by Gasteiger charge is -2.14. The van der Waals surface area contributed by atoms with E-state index < -0.39 is 11.4 Å². The monoisotopic (exact) mass is 382 g/mol. The van der Waals surface area contributed by atoms with Gasteiger partial charge in [0.15, 0.2) is 0 Å². The van der Waals surface area contributed by atoms with Crippen LogP contribution in [0.15, 0.2) is 47.3 Å². The van der Waals surface area contributed by atoms with Crippen molar-refractivity contribution in [2.75, 3.05) is 0 Å². The first-order valence-corrected chi connectivity index (χ1v) is 8.82. The van der Waals surface area contributed by atoms with Gasteiger partial charge in [-0.25, -0.2) is 9.48 Å². The number of para-hydroxylation sites is 1. The summed E-state index contributed by atoms with van der Waals surface area (Å²) in [5, 5.41) is 4.69. The van der Waals surface area contributed by atoms with E-state index in [-0.39, 0.29) is 5.69 Å². The van der Waals surface area contributed by atoms with Gasteiger partial charge in [0.25, 0.3) is 0 Å². The normalized spacial score (nSPS) is 10.7. The standard InChI is InChI=1S/C21H19ClN2O3/c1-12-9-10-13(2)20(15(12)4)27-21(26)19-18(25)11-14(3)24(23-19)17-8-6-5-7-16(17)22/h5-11H,1-4H3. The van der Waals surface area contributed by atoms with Gasteiger partial charge in [0, 0.05) is 11.8 Å². The Morgan fingerprint density at radius 3 is 2.41 bits per heavy atom. The van der Waals surface area contributed by atoms with E-state index in [1.54, 1.807) is 31.2 Å². The summed E-state index contributed by atoms with van der Waals surface area (Å²) in [6.45, 7) is 7.37. The highest BCUT2D eigenvalue weighted by Crippen LogP contribution is 2.26. The van der Waals surface area contributed by atoms with Gasteiger partial charge in [-0.05, 0) is 56.5 Å². The number of carbonyl (C=O) groups excluding carboxylic acids is 1. The summed E-state index contributed by atoms with van der Waals surface area (Å²) >= 11 is 6.24. The molecule has 0 amide bonds. The summed E-state index contributed by atoms with van der Waals surface area (Å²) in [6, 6.07) is 12.2. The number of ether oxygens (including phenoxy) is 1. The first-order chi connectivity index (χ1) is 12.8. The molecule has 0 atom stereocenters. The third-order valence-corrected chi connectivity index (χ3v) is 4.77. The molecule has 3 aromatic rings. The molecule has 3 rings (SSSR count). The van der Waals surface area contributed by atoms with Crippen molar-refractivity contribution in [2.45, 2.75) is 27.7 Å². The summed E-state index contributed by atoms with van der Waals surface area (Å²) in [7, 11) is 0. The van der Waals surface area contributed by atoms with Crippen LogP contribution in [0.25, 0.3) is 5.69 Å². The van der Waals surface area contributed by atoms with Gasteiger partial charge in [-0.15, -0.1) is 0 Å². The van der Waals surface area contributed by atoms with E-state index in [0.29, 0.717) is 22.2 Å². The zero-order valence-electron chi connectivity index (χ0n) is 15.5. The minimum Gasteiger partial charge on any atom is -0.421 e. The second-order valence-electron chi connectivity index (χ2n) is 6.40. The van der Waals surface area contributed by atoms with Crippen molar-refractivity contribution in [1.29, 1.82) is 0 Å². The summed E-state index contributed by atoms with van der Waals surface area (Å²) in [5.41, 5.74) is 3.01. The smallest absolute Gasteiger partial charge is 0.368 e. The average molecular weight is 383 g/mol. The number of aryl methyl sites for hydroxylation is 3. The first kappa shape index (κ1) is 18.9. The largest absolute Gasteiger partial charge is 0.421 e. The average Bonchev–Trinajstić information content (AvgIpc) is 2.63. The Kier molecular flexibility index (Phi) is 5.15. The van der Waals surface area contributed by atoms with Crippen LogP contribution in [0.4, 0.5) is 0 Å². The van der Waals surface area contributed by atoms with Gasteiger partial charge in [-0.1, -0.05) is 35.9 Å². The maximum absolute atomic E-state index is 12.7. The summed E-state index contributed by atoms with van der Waals surface area (Å²) in [6.07, 6.45) is 0. The second-order valence-corrected chi connectivity index (χ2v) is 6.81. The number of aromatic nitrogens is 2. The lowest BCUT2D eigenvalue weighted by molar-refractivity contribution is 0.0722. The second kappa shape index (κ2) is 7.37. The molecule has 0 fully saturated rings. The van der Waals surface area contributed by atoms with Gasteiger partial charge in [0.2, 0.25) is 11.1 Å².